The van der Waals surface area contributed by atoms with Crippen molar-refractivity contribution in [3.63, 3.8) is 0 Å². The molecule has 1 atom stereocenters. The number of methoxy groups -OCH3 is 1. The van der Waals surface area contributed by atoms with Gasteiger partial charge in [0.1, 0.15) is 18.1 Å². The predicted molar refractivity (Wildman–Crippen MR) is 104 cm³/mol. The molecular weight excluding hydrogens is 358 g/mol. The molecule has 1 amide bonds. The highest BCUT2D eigenvalue weighted by atomic mass is 16.5. The largest absolute Gasteiger partial charge is 0.495 e. The van der Waals surface area contributed by atoms with Crippen LogP contribution in [0.2, 0.25) is 0 Å². The lowest BCUT2D eigenvalue weighted by Gasteiger charge is -2.28. The Morgan fingerprint density at radius 1 is 1.29 bits per heavy atom. The summed E-state index contributed by atoms with van der Waals surface area (Å²) in [6.45, 7) is 3.77. The van der Waals surface area contributed by atoms with Crippen molar-refractivity contribution in [2.75, 3.05) is 17.7 Å². The van der Waals surface area contributed by atoms with E-state index in [0.29, 0.717) is 28.7 Å². The van der Waals surface area contributed by atoms with Crippen LogP contribution in [0.4, 0.5) is 11.6 Å². The van der Waals surface area contributed by atoms with Crippen molar-refractivity contribution in [3.05, 3.63) is 59.3 Å². The number of rotatable bonds is 4. The van der Waals surface area contributed by atoms with E-state index in [4.69, 9.17) is 4.74 Å². The van der Waals surface area contributed by atoms with E-state index >= 15 is 0 Å². The van der Waals surface area contributed by atoms with Crippen molar-refractivity contribution >= 4 is 17.5 Å². The van der Waals surface area contributed by atoms with Gasteiger partial charge in [0.15, 0.2) is 0 Å². The van der Waals surface area contributed by atoms with E-state index in [9.17, 15) is 4.79 Å². The number of carbonyl (C=O) groups is 1. The number of allylic oxidation sites excluding steroid dienone is 1. The van der Waals surface area contributed by atoms with Crippen LogP contribution in [0.15, 0.2) is 48.1 Å². The maximum Gasteiger partial charge on any atom is 0.255 e. The Kier molecular flexibility index (Phi) is 4.34. The molecule has 0 radical (unpaired) electrons. The Balaban J connectivity index is 1.79. The number of aromatic nitrogens is 5. The Hall–Kier alpha value is -3.62. The van der Waals surface area contributed by atoms with Crippen molar-refractivity contribution in [3.8, 4) is 5.75 Å². The number of nitrogens with one attached hydrogen (secondary N) is 2. The maximum absolute atomic E-state index is 13.3. The third-order valence-electron chi connectivity index (χ3n) is 4.74. The van der Waals surface area contributed by atoms with Crippen LogP contribution < -0.4 is 15.4 Å². The molecule has 2 N–H and O–H groups in total. The molecule has 0 saturated carbocycles. The molecule has 0 aliphatic carbocycles. The SMILES string of the molecule is COc1ccccc1NC(=O)C1=C(C)Nc2ncnn2[C@@H]1c1cn(C)nc1C. The number of amides is 1. The standard InChI is InChI=1S/C19H21N7O2/c1-11-13(9-25(3)24-11)17-16(12(2)22-19-20-10-21-26(17)19)18(27)23-14-7-5-6-8-15(14)28-4/h5-10,17H,1-4H3,(H,23,27)(H,20,21,22)/t17-/m1/s1. The molecule has 0 spiro atoms. The topological polar surface area (TPSA) is 98.9 Å². The molecule has 144 valence electrons. The predicted octanol–water partition coefficient (Wildman–Crippen LogP) is 2.26. The minimum Gasteiger partial charge on any atom is -0.495 e. The summed E-state index contributed by atoms with van der Waals surface area (Å²) in [4.78, 5) is 17.6. The number of hydrogen-bond acceptors (Lipinski definition) is 6. The number of fused-ring (bicyclic) bond motifs is 1. The molecule has 4 rings (SSSR count). The number of ether oxygens (including phenoxy) is 1. The fourth-order valence-electron chi connectivity index (χ4n) is 3.50. The minimum atomic E-state index is -0.442. The molecule has 9 heteroatoms. The van der Waals surface area contributed by atoms with Gasteiger partial charge in [-0.3, -0.25) is 9.48 Å². The van der Waals surface area contributed by atoms with E-state index in [2.05, 4.69) is 25.8 Å². The molecule has 0 saturated heterocycles. The van der Waals surface area contributed by atoms with Gasteiger partial charge in [0.2, 0.25) is 5.95 Å². The summed E-state index contributed by atoms with van der Waals surface area (Å²) >= 11 is 0. The highest BCUT2D eigenvalue weighted by Gasteiger charge is 2.35. The molecule has 2 aromatic heterocycles. The first-order valence-corrected chi connectivity index (χ1v) is 8.81. The van der Waals surface area contributed by atoms with Gasteiger partial charge in [-0.25, -0.2) is 4.68 Å². The summed E-state index contributed by atoms with van der Waals surface area (Å²) in [5, 5.41) is 14.9. The first-order valence-electron chi connectivity index (χ1n) is 8.81. The average Bonchev–Trinajstić information content (AvgIpc) is 3.26. The first kappa shape index (κ1) is 17.8. The monoisotopic (exact) mass is 379 g/mol. The van der Waals surface area contributed by atoms with Crippen molar-refractivity contribution in [2.24, 2.45) is 7.05 Å². The lowest BCUT2D eigenvalue weighted by Crippen LogP contribution is -2.31. The maximum atomic E-state index is 13.3. The minimum absolute atomic E-state index is 0.246. The molecule has 0 bridgehead atoms. The fraction of sp³-hybridized carbons (Fsp3) is 0.263. The summed E-state index contributed by atoms with van der Waals surface area (Å²) in [6, 6.07) is 6.85. The van der Waals surface area contributed by atoms with Gasteiger partial charge in [-0.2, -0.15) is 15.2 Å². The number of carbonyl (C=O) groups excluding carboxylic acids is 1. The summed E-state index contributed by atoms with van der Waals surface area (Å²) in [6.07, 6.45) is 3.37. The molecule has 28 heavy (non-hydrogen) atoms. The Morgan fingerprint density at radius 3 is 2.79 bits per heavy atom. The lowest BCUT2D eigenvalue weighted by atomic mass is 9.95. The molecule has 1 aliphatic heterocycles. The van der Waals surface area contributed by atoms with Crippen LogP contribution in [-0.2, 0) is 11.8 Å². The highest BCUT2D eigenvalue weighted by molar-refractivity contribution is 6.06. The Bertz CT molecular complexity index is 1080. The van der Waals surface area contributed by atoms with E-state index in [1.807, 2.05) is 39.2 Å². The van der Waals surface area contributed by atoms with E-state index in [1.54, 1.807) is 28.6 Å². The third-order valence-corrected chi connectivity index (χ3v) is 4.74. The lowest BCUT2D eigenvalue weighted by molar-refractivity contribution is -0.113. The van der Waals surface area contributed by atoms with Crippen LogP contribution in [0.5, 0.6) is 5.75 Å². The van der Waals surface area contributed by atoms with Crippen molar-refractivity contribution in [1.29, 1.82) is 0 Å². The van der Waals surface area contributed by atoms with Gasteiger partial charge in [-0.1, -0.05) is 12.1 Å². The average molecular weight is 379 g/mol. The van der Waals surface area contributed by atoms with E-state index in [1.165, 1.54) is 6.33 Å². The zero-order chi connectivity index (χ0) is 19.8. The number of para-hydroxylation sites is 2. The number of benzene rings is 1. The second-order valence-corrected chi connectivity index (χ2v) is 6.59. The van der Waals surface area contributed by atoms with E-state index in [-0.39, 0.29) is 5.91 Å². The van der Waals surface area contributed by atoms with Gasteiger partial charge in [-0.15, -0.1) is 0 Å². The summed E-state index contributed by atoms with van der Waals surface area (Å²) in [5.41, 5.74) is 3.56. The molecule has 1 aromatic carbocycles. The van der Waals surface area contributed by atoms with Gasteiger partial charge in [-0.05, 0) is 26.0 Å². The van der Waals surface area contributed by atoms with Gasteiger partial charge < -0.3 is 15.4 Å². The number of hydrogen-bond donors (Lipinski definition) is 2. The fourth-order valence-corrected chi connectivity index (χ4v) is 3.50. The Morgan fingerprint density at radius 2 is 2.07 bits per heavy atom. The summed E-state index contributed by atoms with van der Waals surface area (Å²) in [7, 11) is 3.42. The Labute approximate surface area is 162 Å². The van der Waals surface area contributed by atoms with Gasteiger partial charge >= 0.3 is 0 Å². The summed E-state index contributed by atoms with van der Waals surface area (Å²) < 4.78 is 8.78. The first-order chi connectivity index (χ1) is 13.5. The molecule has 9 nitrogen and oxygen atoms in total. The molecule has 0 unspecified atom stereocenters. The highest BCUT2D eigenvalue weighted by Crippen LogP contribution is 2.36. The molecule has 3 heterocycles. The molecular formula is C19H21N7O2. The molecule has 3 aromatic rings. The van der Waals surface area contributed by atoms with Crippen molar-refractivity contribution in [2.45, 2.75) is 19.9 Å². The quantitative estimate of drug-likeness (QED) is 0.721. The smallest absolute Gasteiger partial charge is 0.255 e. The summed E-state index contributed by atoms with van der Waals surface area (Å²) in [5.74, 6) is 0.928. The van der Waals surface area contributed by atoms with Crippen LogP contribution in [0.1, 0.15) is 24.2 Å². The van der Waals surface area contributed by atoms with Crippen molar-refractivity contribution < 1.29 is 9.53 Å². The van der Waals surface area contributed by atoms with Gasteiger partial charge in [0.25, 0.3) is 5.91 Å². The number of nitrogens with zero attached hydrogens (tertiary/aromatic N) is 5. The van der Waals surface area contributed by atoms with Crippen LogP contribution in [0, 0.1) is 6.92 Å². The van der Waals surface area contributed by atoms with Crippen LogP contribution in [0.25, 0.3) is 0 Å². The van der Waals surface area contributed by atoms with E-state index in [0.717, 1.165) is 11.3 Å². The van der Waals surface area contributed by atoms with Crippen molar-refractivity contribution in [1.82, 2.24) is 24.5 Å². The zero-order valence-electron chi connectivity index (χ0n) is 16.1. The van der Waals surface area contributed by atoms with Gasteiger partial charge in [0.05, 0.1) is 24.1 Å². The molecule has 0 fully saturated rings. The second kappa shape index (κ2) is 6.84. The number of anilines is 2. The van der Waals surface area contributed by atoms with Crippen LogP contribution in [0.3, 0.4) is 0 Å². The third kappa shape index (κ3) is 2.90. The number of aryl methyl sites for hydroxylation is 2. The zero-order valence-corrected chi connectivity index (χ0v) is 16.1. The van der Waals surface area contributed by atoms with E-state index < -0.39 is 6.04 Å². The second-order valence-electron chi connectivity index (χ2n) is 6.59. The van der Waals surface area contributed by atoms with Gasteiger partial charge in [0, 0.05) is 24.5 Å². The normalized spacial score (nSPS) is 15.8. The molecule has 1 aliphatic rings. The van der Waals surface area contributed by atoms with Crippen LogP contribution >= 0.6 is 0 Å². The van der Waals surface area contributed by atoms with Crippen LogP contribution in [-0.4, -0.2) is 37.6 Å².